The molecule has 0 bridgehead atoms. The van der Waals surface area contributed by atoms with Gasteiger partial charge in [0.25, 0.3) is 0 Å². The number of rotatable bonds is 10. The Morgan fingerprint density at radius 2 is 1.75 bits per heavy atom. The number of aryl methyl sites for hydroxylation is 1. The molecule has 0 heterocycles. The van der Waals surface area contributed by atoms with Crippen LogP contribution in [0.5, 0.6) is 0 Å². The van der Waals surface area contributed by atoms with Crippen LogP contribution in [0.2, 0.25) is 5.02 Å². The molecule has 1 fully saturated rings. The van der Waals surface area contributed by atoms with Crippen LogP contribution in [-0.4, -0.2) is 50.0 Å². The van der Waals surface area contributed by atoms with Crippen LogP contribution >= 0.6 is 11.6 Å². The minimum Gasteiger partial charge on any atom is -0.352 e. The summed E-state index contributed by atoms with van der Waals surface area (Å²) in [5, 5.41) is 3.58. The highest BCUT2D eigenvalue weighted by Crippen LogP contribution is 2.26. The molecule has 1 aliphatic rings. The van der Waals surface area contributed by atoms with E-state index in [1.54, 1.807) is 24.3 Å². The van der Waals surface area contributed by atoms with Gasteiger partial charge in [-0.05, 0) is 61.9 Å². The minimum atomic E-state index is -3.78. The summed E-state index contributed by atoms with van der Waals surface area (Å²) in [6.07, 6.45) is 5.47. The van der Waals surface area contributed by atoms with Gasteiger partial charge in [0.15, 0.2) is 0 Å². The van der Waals surface area contributed by atoms with Gasteiger partial charge in [-0.15, -0.1) is 0 Å². The fraction of sp³-hybridized carbons (Fsp3) is 0.481. The first-order valence-electron chi connectivity index (χ1n) is 12.4. The predicted molar refractivity (Wildman–Crippen MR) is 145 cm³/mol. The molecule has 0 spiro atoms. The molecule has 9 heteroatoms. The van der Waals surface area contributed by atoms with Crippen molar-refractivity contribution in [1.29, 1.82) is 0 Å². The van der Waals surface area contributed by atoms with E-state index in [0.717, 1.165) is 47.4 Å². The van der Waals surface area contributed by atoms with Gasteiger partial charge >= 0.3 is 0 Å². The normalized spacial score (nSPS) is 14.9. The zero-order valence-corrected chi connectivity index (χ0v) is 23.0. The van der Waals surface area contributed by atoms with E-state index in [9.17, 15) is 18.0 Å². The zero-order valence-electron chi connectivity index (χ0n) is 21.5. The first-order chi connectivity index (χ1) is 17.0. The Kier molecular flexibility index (Phi) is 9.41. The topological polar surface area (TPSA) is 86.8 Å². The van der Waals surface area contributed by atoms with Crippen LogP contribution in [-0.2, 0) is 26.2 Å². The number of halogens is 1. The molecule has 0 aliphatic heterocycles. The maximum Gasteiger partial charge on any atom is 0.244 e. The summed E-state index contributed by atoms with van der Waals surface area (Å²) in [4.78, 5) is 28.6. The van der Waals surface area contributed by atoms with E-state index in [4.69, 9.17) is 11.6 Å². The van der Waals surface area contributed by atoms with E-state index in [0.29, 0.717) is 22.7 Å². The summed E-state index contributed by atoms with van der Waals surface area (Å²) in [6, 6.07) is 11.9. The average molecular weight is 534 g/mol. The Morgan fingerprint density at radius 3 is 2.36 bits per heavy atom. The van der Waals surface area contributed by atoms with Crippen LogP contribution < -0.4 is 9.62 Å². The molecular formula is C27H36ClN3O4S. The van der Waals surface area contributed by atoms with Crippen molar-refractivity contribution in [2.75, 3.05) is 17.1 Å². The molecule has 1 aliphatic carbocycles. The standard InChI is InChI=1S/C27H36ClN3O4S/c1-5-24(27(33)29-22-13-7-8-14-22)30(17-21-12-6-9-15-23(21)28)26(32)18-31(36(4,34)35)25-16-10-11-19(2)20(25)3/h6,9-12,15-16,22,24H,5,7-8,13-14,17-18H2,1-4H3,(H,29,33)/t24-/m1/s1. The Labute approximate surface area is 219 Å². The second kappa shape index (κ2) is 12.1. The van der Waals surface area contributed by atoms with Crippen molar-refractivity contribution in [3.8, 4) is 0 Å². The number of sulfonamides is 1. The highest BCUT2D eigenvalue weighted by atomic mass is 35.5. The third-order valence-electron chi connectivity index (χ3n) is 6.91. The number of anilines is 1. The van der Waals surface area contributed by atoms with Crippen molar-refractivity contribution < 1.29 is 18.0 Å². The number of hydrogen-bond acceptors (Lipinski definition) is 4. The molecule has 3 rings (SSSR count). The van der Waals surface area contributed by atoms with Crippen LogP contribution in [0.3, 0.4) is 0 Å². The van der Waals surface area contributed by atoms with Gasteiger partial charge in [-0.1, -0.05) is 61.7 Å². The monoisotopic (exact) mass is 533 g/mol. The maximum absolute atomic E-state index is 13.8. The van der Waals surface area contributed by atoms with E-state index in [2.05, 4.69) is 5.32 Å². The van der Waals surface area contributed by atoms with E-state index in [1.165, 1.54) is 4.90 Å². The molecule has 1 saturated carbocycles. The lowest BCUT2D eigenvalue weighted by atomic mass is 10.1. The zero-order chi connectivity index (χ0) is 26.5. The van der Waals surface area contributed by atoms with Crippen LogP contribution in [0.15, 0.2) is 42.5 Å². The number of hydrogen-bond donors (Lipinski definition) is 1. The lowest BCUT2D eigenvalue weighted by Gasteiger charge is -2.34. The van der Waals surface area contributed by atoms with Gasteiger partial charge in [0.05, 0.1) is 11.9 Å². The van der Waals surface area contributed by atoms with Crippen molar-refractivity contribution in [2.24, 2.45) is 0 Å². The summed E-state index contributed by atoms with van der Waals surface area (Å²) in [5.74, 6) is -0.683. The Morgan fingerprint density at radius 1 is 1.08 bits per heavy atom. The fourth-order valence-electron chi connectivity index (χ4n) is 4.70. The molecule has 0 radical (unpaired) electrons. The summed E-state index contributed by atoms with van der Waals surface area (Å²) < 4.78 is 26.8. The van der Waals surface area contributed by atoms with E-state index in [-0.39, 0.29) is 18.5 Å². The molecular weight excluding hydrogens is 498 g/mol. The molecule has 2 amide bonds. The van der Waals surface area contributed by atoms with Gasteiger partial charge in [-0.25, -0.2) is 8.42 Å². The first-order valence-corrected chi connectivity index (χ1v) is 14.6. The Hall–Kier alpha value is -2.58. The van der Waals surface area contributed by atoms with E-state index < -0.39 is 28.5 Å². The third kappa shape index (κ3) is 6.79. The number of carbonyl (C=O) groups is 2. The average Bonchev–Trinajstić information content (AvgIpc) is 3.33. The molecule has 1 atom stereocenters. The van der Waals surface area contributed by atoms with Gasteiger partial charge < -0.3 is 10.2 Å². The third-order valence-corrected chi connectivity index (χ3v) is 8.41. The van der Waals surface area contributed by atoms with Crippen molar-refractivity contribution in [3.05, 3.63) is 64.2 Å². The lowest BCUT2D eigenvalue weighted by molar-refractivity contribution is -0.140. The highest BCUT2D eigenvalue weighted by molar-refractivity contribution is 7.92. The molecule has 1 N–H and O–H groups in total. The van der Waals surface area contributed by atoms with Crippen LogP contribution in [0.1, 0.15) is 55.7 Å². The van der Waals surface area contributed by atoms with Gasteiger partial charge in [-0.3, -0.25) is 13.9 Å². The fourth-order valence-corrected chi connectivity index (χ4v) is 5.79. The van der Waals surface area contributed by atoms with Gasteiger partial charge in [0, 0.05) is 17.6 Å². The summed E-state index contributed by atoms with van der Waals surface area (Å²) in [7, 11) is -3.78. The number of carbonyl (C=O) groups excluding carboxylic acids is 2. The van der Waals surface area contributed by atoms with Gasteiger partial charge in [0.2, 0.25) is 21.8 Å². The van der Waals surface area contributed by atoms with Crippen molar-refractivity contribution >= 4 is 39.1 Å². The highest BCUT2D eigenvalue weighted by Gasteiger charge is 2.33. The number of nitrogens with zero attached hydrogens (tertiary/aromatic N) is 2. The largest absolute Gasteiger partial charge is 0.352 e. The maximum atomic E-state index is 13.8. The van der Waals surface area contributed by atoms with Crippen LogP contribution in [0.25, 0.3) is 0 Å². The predicted octanol–water partition coefficient (Wildman–Crippen LogP) is 4.59. The molecule has 0 aromatic heterocycles. The smallest absolute Gasteiger partial charge is 0.244 e. The van der Waals surface area contributed by atoms with Crippen LogP contribution in [0, 0.1) is 13.8 Å². The van der Waals surface area contributed by atoms with Crippen molar-refractivity contribution in [3.63, 3.8) is 0 Å². The molecule has 196 valence electrons. The van der Waals surface area contributed by atoms with Gasteiger partial charge in [0.1, 0.15) is 12.6 Å². The lowest BCUT2D eigenvalue weighted by Crippen LogP contribution is -2.53. The molecule has 2 aromatic carbocycles. The van der Waals surface area contributed by atoms with Crippen molar-refractivity contribution in [1.82, 2.24) is 10.2 Å². The van der Waals surface area contributed by atoms with Crippen LogP contribution in [0.4, 0.5) is 5.69 Å². The van der Waals surface area contributed by atoms with Gasteiger partial charge in [-0.2, -0.15) is 0 Å². The van der Waals surface area contributed by atoms with E-state index >= 15 is 0 Å². The number of benzene rings is 2. The SMILES string of the molecule is CC[C@H](C(=O)NC1CCCC1)N(Cc1ccccc1Cl)C(=O)CN(c1cccc(C)c1C)S(C)(=O)=O. The first kappa shape index (κ1) is 28.0. The van der Waals surface area contributed by atoms with Crippen molar-refractivity contribution in [2.45, 2.75) is 71.5 Å². The second-order valence-corrected chi connectivity index (χ2v) is 11.8. The molecule has 0 saturated heterocycles. The molecule has 7 nitrogen and oxygen atoms in total. The molecule has 2 aromatic rings. The second-order valence-electron chi connectivity index (χ2n) is 9.52. The van der Waals surface area contributed by atoms with E-state index in [1.807, 2.05) is 39.0 Å². The molecule has 0 unspecified atom stereocenters. The summed E-state index contributed by atoms with van der Waals surface area (Å²) in [5.41, 5.74) is 2.84. The Balaban J connectivity index is 1.96. The quantitative estimate of drug-likeness (QED) is 0.484. The summed E-state index contributed by atoms with van der Waals surface area (Å²) >= 11 is 6.41. The number of amides is 2. The summed E-state index contributed by atoms with van der Waals surface area (Å²) in [6.45, 7) is 5.26. The molecule has 36 heavy (non-hydrogen) atoms. The minimum absolute atomic E-state index is 0.0967. The number of nitrogens with one attached hydrogen (secondary N) is 1. The Bertz CT molecular complexity index is 1200.